The van der Waals surface area contributed by atoms with Crippen molar-refractivity contribution in [1.82, 2.24) is 19.9 Å². The summed E-state index contributed by atoms with van der Waals surface area (Å²) < 4.78 is 13.9. The van der Waals surface area contributed by atoms with Crippen molar-refractivity contribution in [2.24, 2.45) is 0 Å². The van der Waals surface area contributed by atoms with Gasteiger partial charge in [0, 0.05) is 24.7 Å². The summed E-state index contributed by atoms with van der Waals surface area (Å²) in [6, 6.07) is 4.42. The van der Waals surface area contributed by atoms with E-state index in [1.165, 1.54) is 18.5 Å². The molecule has 0 aliphatic heterocycles. The zero-order valence-corrected chi connectivity index (χ0v) is 9.21. The van der Waals surface area contributed by atoms with Crippen LogP contribution in [0.2, 0.25) is 0 Å². The van der Waals surface area contributed by atoms with Crippen molar-refractivity contribution in [2.45, 2.75) is 0 Å². The fraction of sp³-hybridized carbons (Fsp3) is 0. The van der Waals surface area contributed by atoms with Gasteiger partial charge in [0.2, 0.25) is 0 Å². The van der Waals surface area contributed by atoms with Gasteiger partial charge in [-0.2, -0.15) is 0 Å². The number of anilines is 1. The van der Waals surface area contributed by atoms with Crippen LogP contribution >= 0.6 is 0 Å². The van der Waals surface area contributed by atoms with Crippen molar-refractivity contribution in [3.05, 3.63) is 42.6 Å². The Hall–Kier alpha value is -2.63. The standard InChI is InChI=1S/C12H8FN5/c13-8-6-10-9(15-3-4-16-10)5-7(8)12-17-2-1-11(14)18-12/h1-6H,(H2,14,17,18). The second-order valence-electron chi connectivity index (χ2n) is 3.68. The van der Waals surface area contributed by atoms with E-state index < -0.39 is 5.82 Å². The van der Waals surface area contributed by atoms with Gasteiger partial charge in [0.15, 0.2) is 5.82 Å². The summed E-state index contributed by atoms with van der Waals surface area (Å²) in [5, 5.41) is 0. The largest absolute Gasteiger partial charge is 0.384 e. The predicted molar refractivity (Wildman–Crippen MR) is 64.9 cm³/mol. The van der Waals surface area contributed by atoms with Crippen LogP contribution in [-0.4, -0.2) is 19.9 Å². The van der Waals surface area contributed by atoms with Crippen molar-refractivity contribution in [1.29, 1.82) is 0 Å². The van der Waals surface area contributed by atoms with Crippen molar-refractivity contribution < 1.29 is 4.39 Å². The molecular formula is C12H8FN5. The minimum Gasteiger partial charge on any atom is -0.384 e. The maximum Gasteiger partial charge on any atom is 0.164 e. The summed E-state index contributed by atoms with van der Waals surface area (Å²) in [4.78, 5) is 16.1. The normalized spacial score (nSPS) is 10.7. The Morgan fingerprint density at radius 2 is 1.67 bits per heavy atom. The highest BCUT2D eigenvalue weighted by atomic mass is 19.1. The van der Waals surface area contributed by atoms with Gasteiger partial charge >= 0.3 is 0 Å². The average Bonchev–Trinajstić information content (AvgIpc) is 2.38. The lowest BCUT2D eigenvalue weighted by Crippen LogP contribution is -1.97. The number of halogens is 1. The van der Waals surface area contributed by atoms with E-state index in [0.717, 1.165) is 0 Å². The summed E-state index contributed by atoms with van der Waals surface area (Å²) in [7, 11) is 0. The van der Waals surface area contributed by atoms with E-state index in [4.69, 9.17) is 5.73 Å². The van der Waals surface area contributed by atoms with Crippen molar-refractivity contribution >= 4 is 16.9 Å². The first-order chi connectivity index (χ1) is 8.74. The second kappa shape index (κ2) is 3.99. The molecule has 2 N–H and O–H groups in total. The molecule has 6 heteroatoms. The Kier molecular flexibility index (Phi) is 2.33. The number of hydrogen-bond donors (Lipinski definition) is 1. The molecular weight excluding hydrogens is 233 g/mol. The number of rotatable bonds is 1. The minimum atomic E-state index is -0.450. The molecule has 0 spiro atoms. The zero-order valence-electron chi connectivity index (χ0n) is 9.21. The number of benzene rings is 1. The molecule has 2 aromatic heterocycles. The van der Waals surface area contributed by atoms with Gasteiger partial charge in [-0.15, -0.1) is 0 Å². The topological polar surface area (TPSA) is 77.6 Å². The Morgan fingerprint density at radius 1 is 0.944 bits per heavy atom. The Morgan fingerprint density at radius 3 is 2.39 bits per heavy atom. The molecule has 0 fully saturated rings. The molecule has 0 unspecified atom stereocenters. The van der Waals surface area contributed by atoms with E-state index >= 15 is 0 Å². The van der Waals surface area contributed by atoms with Gasteiger partial charge in [0.25, 0.3) is 0 Å². The molecule has 0 atom stereocenters. The van der Waals surface area contributed by atoms with Crippen LogP contribution in [0.3, 0.4) is 0 Å². The molecule has 3 aromatic rings. The van der Waals surface area contributed by atoms with Gasteiger partial charge in [-0.25, -0.2) is 14.4 Å². The van der Waals surface area contributed by atoms with Crippen molar-refractivity contribution in [2.75, 3.05) is 5.73 Å². The molecule has 0 saturated heterocycles. The molecule has 0 bridgehead atoms. The van der Waals surface area contributed by atoms with Crippen LogP contribution in [0, 0.1) is 5.82 Å². The third kappa shape index (κ3) is 1.73. The summed E-state index contributed by atoms with van der Waals surface area (Å²) in [5.41, 5.74) is 6.89. The van der Waals surface area contributed by atoms with Gasteiger partial charge in [0.1, 0.15) is 11.6 Å². The highest BCUT2D eigenvalue weighted by molar-refractivity contribution is 5.79. The maximum absolute atomic E-state index is 13.9. The number of fused-ring (bicyclic) bond motifs is 1. The second-order valence-corrected chi connectivity index (χ2v) is 3.68. The van der Waals surface area contributed by atoms with Gasteiger partial charge in [0.05, 0.1) is 16.6 Å². The van der Waals surface area contributed by atoms with Crippen molar-refractivity contribution in [3.8, 4) is 11.4 Å². The molecule has 1 aromatic carbocycles. The molecule has 5 nitrogen and oxygen atoms in total. The van der Waals surface area contributed by atoms with E-state index in [9.17, 15) is 4.39 Å². The summed E-state index contributed by atoms with van der Waals surface area (Å²) in [5.74, 6) is 0.0762. The minimum absolute atomic E-state index is 0.236. The van der Waals surface area contributed by atoms with Crippen LogP contribution in [-0.2, 0) is 0 Å². The fourth-order valence-corrected chi connectivity index (χ4v) is 1.66. The smallest absolute Gasteiger partial charge is 0.164 e. The predicted octanol–water partition coefficient (Wildman–Crippen LogP) is 1.81. The summed E-state index contributed by atoms with van der Waals surface area (Å²) in [6.45, 7) is 0. The third-order valence-electron chi connectivity index (χ3n) is 2.48. The van der Waals surface area contributed by atoms with Crippen molar-refractivity contribution in [3.63, 3.8) is 0 Å². The number of hydrogen-bond acceptors (Lipinski definition) is 5. The lowest BCUT2D eigenvalue weighted by atomic mass is 10.1. The SMILES string of the molecule is Nc1ccnc(-c2cc3nccnc3cc2F)n1. The van der Waals surface area contributed by atoms with Crippen LogP contribution in [0.25, 0.3) is 22.4 Å². The fourth-order valence-electron chi connectivity index (χ4n) is 1.66. The molecule has 0 aliphatic carbocycles. The molecule has 0 aliphatic rings. The van der Waals surface area contributed by atoms with Gasteiger partial charge in [-0.3, -0.25) is 9.97 Å². The maximum atomic E-state index is 13.9. The van der Waals surface area contributed by atoms with Crippen LogP contribution in [0.5, 0.6) is 0 Å². The van der Waals surface area contributed by atoms with E-state index in [-0.39, 0.29) is 11.4 Å². The molecule has 18 heavy (non-hydrogen) atoms. The van der Waals surface area contributed by atoms with Gasteiger partial charge < -0.3 is 5.73 Å². The van der Waals surface area contributed by atoms with Crippen LogP contribution in [0.4, 0.5) is 10.2 Å². The van der Waals surface area contributed by atoms with E-state index in [0.29, 0.717) is 16.9 Å². The zero-order chi connectivity index (χ0) is 12.5. The number of nitrogens with zero attached hydrogens (tertiary/aromatic N) is 4. The highest BCUT2D eigenvalue weighted by Gasteiger charge is 2.11. The first-order valence-electron chi connectivity index (χ1n) is 5.23. The molecule has 88 valence electrons. The lowest BCUT2D eigenvalue weighted by Gasteiger charge is -2.04. The van der Waals surface area contributed by atoms with Gasteiger partial charge in [-0.1, -0.05) is 0 Å². The summed E-state index contributed by atoms with van der Waals surface area (Å²) in [6.07, 6.45) is 4.54. The van der Waals surface area contributed by atoms with Crippen LogP contribution < -0.4 is 5.73 Å². The van der Waals surface area contributed by atoms with Crippen LogP contribution in [0.15, 0.2) is 36.8 Å². The highest BCUT2D eigenvalue weighted by Crippen LogP contribution is 2.23. The molecule has 3 rings (SSSR count). The van der Waals surface area contributed by atoms with Gasteiger partial charge in [-0.05, 0) is 12.1 Å². The molecule has 0 saturated carbocycles. The van der Waals surface area contributed by atoms with Crippen LogP contribution in [0.1, 0.15) is 0 Å². The number of nitrogens with two attached hydrogens (primary N) is 1. The van der Waals surface area contributed by atoms with E-state index in [2.05, 4.69) is 19.9 Å². The van der Waals surface area contributed by atoms with E-state index in [1.807, 2.05) is 0 Å². The molecule has 0 amide bonds. The number of nitrogen functional groups attached to an aromatic ring is 1. The lowest BCUT2D eigenvalue weighted by molar-refractivity contribution is 0.631. The Labute approximate surface area is 102 Å². The molecule has 0 radical (unpaired) electrons. The summed E-state index contributed by atoms with van der Waals surface area (Å²) >= 11 is 0. The average molecular weight is 241 g/mol. The Bertz CT molecular complexity index is 728. The van der Waals surface area contributed by atoms with E-state index in [1.54, 1.807) is 18.3 Å². The Balaban J connectivity index is 2.26. The molecule has 2 heterocycles. The first kappa shape index (κ1) is 10.5. The third-order valence-corrected chi connectivity index (χ3v) is 2.48. The first-order valence-corrected chi connectivity index (χ1v) is 5.23. The quantitative estimate of drug-likeness (QED) is 0.703. The monoisotopic (exact) mass is 241 g/mol. The number of aromatic nitrogens is 4.